The van der Waals surface area contributed by atoms with Crippen LogP contribution in [-0.4, -0.2) is 30.7 Å². The summed E-state index contributed by atoms with van der Waals surface area (Å²) >= 11 is 1.80. The number of fused-ring (bicyclic) bond motifs is 1. The van der Waals surface area contributed by atoms with Crippen molar-refractivity contribution in [3.8, 4) is 11.3 Å². The van der Waals surface area contributed by atoms with Crippen LogP contribution < -0.4 is 10.2 Å². The summed E-state index contributed by atoms with van der Waals surface area (Å²) in [4.78, 5) is 7.52. The highest BCUT2D eigenvalue weighted by Crippen LogP contribution is 2.46. The molecule has 33 heavy (non-hydrogen) atoms. The van der Waals surface area contributed by atoms with E-state index in [9.17, 15) is 0 Å². The van der Waals surface area contributed by atoms with Crippen LogP contribution >= 0.6 is 11.3 Å². The molecule has 186 valence electrons. The van der Waals surface area contributed by atoms with Crippen LogP contribution in [0.1, 0.15) is 106 Å². The molecule has 0 atom stereocenters. The van der Waals surface area contributed by atoms with Crippen molar-refractivity contribution in [1.29, 1.82) is 0 Å². The molecule has 0 radical (unpaired) electrons. The van der Waals surface area contributed by atoms with Crippen LogP contribution in [0.2, 0.25) is 0 Å². The fourth-order valence-corrected chi connectivity index (χ4v) is 5.80. The number of anilines is 1. The molecule has 1 N–H and O–H groups in total. The minimum Gasteiger partial charge on any atom is -0.348 e. The highest BCUT2D eigenvalue weighted by molar-refractivity contribution is 7.14. The maximum Gasteiger partial charge on any atom is 0.185 e. The van der Waals surface area contributed by atoms with Gasteiger partial charge in [-0.25, -0.2) is 4.98 Å². The van der Waals surface area contributed by atoms with Gasteiger partial charge in [0.15, 0.2) is 5.13 Å². The Morgan fingerprint density at radius 2 is 1.58 bits per heavy atom. The van der Waals surface area contributed by atoms with Gasteiger partial charge in [0.1, 0.15) is 0 Å². The largest absolute Gasteiger partial charge is 0.348 e. The number of piperidine rings is 1. The maximum atomic E-state index is 5.05. The monoisotopic (exact) mass is 471 g/mol. The van der Waals surface area contributed by atoms with Gasteiger partial charge in [0.25, 0.3) is 0 Å². The summed E-state index contributed by atoms with van der Waals surface area (Å²) in [6.45, 7) is 23.2. The second-order valence-corrected chi connectivity index (χ2v) is 11.1. The molecule has 0 saturated carbocycles. The number of nitrogens with zero attached hydrogens (tertiary/aromatic N) is 2. The summed E-state index contributed by atoms with van der Waals surface area (Å²) in [5.41, 5.74) is 5.97. The van der Waals surface area contributed by atoms with Crippen molar-refractivity contribution in [3.05, 3.63) is 34.7 Å². The molecule has 3 nitrogen and oxygen atoms in total. The number of thiazole rings is 1. The van der Waals surface area contributed by atoms with Gasteiger partial charge in [0, 0.05) is 30.1 Å². The molecular weight excluding hydrogens is 422 g/mol. The Hall–Kier alpha value is -1.39. The molecule has 0 unspecified atom stereocenters. The Labute approximate surface area is 208 Å². The average Bonchev–Trinajstić information content (AvgIpc) is 3.34. The van der Waals surface area contributed by atoms with Crippen LogP contribution in [-0.2, 0) is 10.8 Å². The maximum absolute atomic E-state index is 5.05. The SMILES string of the molecule is CC.CC.CCCNC1CCN(c2nc(-c3ccc4c(c3)C(C)(C)CCC4(C)C)cs2)CC1. The van der Waals surface area contributed by atoms with Gasteiger partial charge in [0.05, 0.1) is 5.69 Å². The Kier molecular flexibility index (Phi) is 10.4. The van der Waals surface area contributed by atoms with Crippen molar-refractivity contribution in [3.63, 3.8) is 0 Å². The molecule has 2 heterocycles. The number of aromatic nitrogens is 1. The van der Waals surface area contributed by atoms with Crippen LogP contribution in [0, 0.1) is 0 Å². The molecule has 2 aliphatic rings. The van der Waals surface area contributed by atoms with E-state index in [2.05, 4.69) is 68.4 Å². The normalized spacial score (nSPS) is 19.0. The van der Waals surface area contributed by atoms with Gasteiger partial charge in [-0.05, 0) is 66.7 Å². The standard InChI is InChI=1S/C25H37N3S.2C2H6/c1-6-13-26-19-9-14-28(15-10-19)23-27-22(17-29-23)18-7-8-20-21(16-18)25(4,5)12-11-24(20,2)3;2*1-2/h7-8,16-17,19,26H,6,9-15H2,1-5H3;2*1-2H3. The molecule has 0 spiro atoms. The molecule has 0 amide bonds. The van der Waals surface area contributed by atoms with E-state index in [4.69, 9.17) is 4.98 Å². The lowest BCUT2D eigenvalue weighted by atomic mass is 9.63. The fraction of sp³-hybridized carbons (Fsp3) is 0.690. The highest BCUT2D eigenvalue weighted by atomic mass is 32.1. The Bertz CT molecular complexity index is 844. The summed E-state index contributed by atoms with van der Waals surface area (Å²) in [6.07, 6.45) is 6.16. The van der Waals surface area contributed by atoms with E-state index in [1.807, 2.05) is 27.7 Å². The molecule has 2 aromatic rings. The average molecular weight is 472 g/mol. The van der Waals surface area contributed by atoms with Crippen molar-refractivity contribution in [1.82, 2.24) is 10.3 Å². The van der Waals surface area contributed by atoms with E-state index in [0.29, 0.717) is 6.04 Å². The molecule has 4 heteroatoms. The summed E-state index contributed by atoms with van der Waals surface area (Å²) in [7, 11) is 0. The molecule has 0 bridgehead atoms. The minimum absolute atomic E-state index is 0.243. The molecule has 1 saturated heterocycles. The topological polar surface area (TPSA) is 28.2 Å². The quantitative estimate of drug-likeness (QED) is 0.476. The van der Waals surface area contributed by atoms with Gasteiger partial charge in [-0.2, -0.15) is 0 Å². The first kappa shape index (κ1) is 27.9. The van der Waals surface area contributed by atoms with E-state index in [-0.39, 0.29) is 10.8 Å². The van der Waals surface area contributed by atoms with Gasteiger partial charge >= 0.3 is 0 Å². The van der Waals surface area contributed by atoms with Crippen LogP contribution in [0.3, 0.4) is 0 Å². The number of rotatable bonds is 5. The summed E-state index contributed by atoms with van der Waals surface area (Å²) < 4.78 is 0. The van der Waals surface area contributed by atoms with Crippen molar-refractivity contribution >= 4 is 16.5 Å². The van der Waals surface area contributed by atoms with Crippen LogP contribution in [0.25, 0.3) is 11.3 Å². The lowest BCUT2D eigenvalue weighted by Crippen LogP contribution is -2.42. The van der Waals surface area contributed by atoms with Crippen molar-refractivity contribution in [2.45, 2.75) is 111 Å². The third kappa shape index (κ3) is 6.60. The van der Waals surface area contributed by atoms with Crippen molar-refractivity contribution < 1.29 is 0 Å². The van der Waals surface area contributed by atoms with Crippen LogP contribution in [0.4, 0.5) is 5.13 Å². The highest BCUT2D eigenvalue weighted by Gasteiger charge is 2.37. The summed E-state index contributed by atoms with van der Waals surface area (Å²) in [6, 6.07) is 7.77. The number of hydrogen-bond acceptors (Lipinski definition) is 4. The third-order valence-electron chi connectivity index (χ3n) is 7.09. The third-order valence-corrected chi connectivity index (χ3v) is 7.99. The van der Waals surface area contributed by atoms with Gasteiger partial charge in [-0.15, -0.1) is 11.3 Å². The molecule has 1 fully saturated rings. The molecule has 1 aromatic heterocycles. The molecule has 1 aliphatic carbocycles. The minimum atomic E-state index is 0.243. The second kappa shape index (κ2) is 12.4. The first-order chi connectivity index (χ1) is 15.8. The molecule has 4 rings (SSSR count). The lowest BCUT2D eigenvalue weighted by molar-refractivity contribution is 0.332. The molecular formula is C29H49N3S. The van der Waals surface area contributed by atoms with Crippen LogP contribution in [0.5, 0.6) is 0 Å². The van der Waals surface area contributed by atoms with Gasteiger partial charge < -0.3 is 10.2 Å². The summed E-state index contributed by atoms with van der Waals surface area (Å²) in [5.74, 6) is 0. The number of nitrogens with one attached hydrogen (secondary N) is 1. The van der Waals surface area contributed by atoms with E-state index < -0.39 is 0 Å². The second-order valence-electron chi connectivity index (χ2n) is 10.3. The Balaban J connectivity index is 0.000000914. The first-order valence-electron chi connectivity index (χ1n) is 13.4. The van der Waals surface area contributed by atoms with E-state index in [1.165, 1.54) is 53.9 Å². The Morgan fingerprint density at radius 1 is 0.970 bits per heavy atom. The predicted molar refractivity (Wildman–Crippen MR) is 149 cm³/mol. The van der Waals surface area contributed by atoms with Gasteiger partial charge in [-0.3, -0.25) is 0 Å². The molecule has 1 aliphatic heterocycles. The van der Waals surface area contributed by atoms with Crippen molar-refractivity contribution in [2.24, 2.45) is 0 Å². The summed E-state index contributed by atoms with van der Waals surface area (Å²) in [5, 5.41) is 7.11. The predicted octanol–water partition coefficient (Wildman–Crippen LogP) is 8.18. The van der Waals surface area contributed by atoms with Crippen LogP contribution in [0.15, 0.2) is 23.6 Å². The van der Waals surface area contributed by atoms with E-state index in [1.54, 1.807) is 11.3 Å². The van der Waals surface area contributed by atoms with Gasteiger partial charge in [0.2, 0.25) is 0 Å². The smallest absolute Gasteiger partial charge is 0.185 e. The number of hydrogen-bond donors (Lipinski definition) is 1. The van der Waals surface area contributed by atoms with E-state index in [0.717, 1.165) is 25.3 Å². The van der Waals surface area contributed by atoms with Crippen molar-refractivity contribution in [2.75, 3.05) is 24.5 Å². The molecule has 1 aromatic carbocycles. The van der Waals surface area contributed by atoms with E-state index >= 15 is 0 Å². The van der Waals surface area contributed by atoms with Gasteiger partial charge in [-0.1, -0.05) is 74.4 Å². The Morgan fingerprint density at radius 3 is 2.18 bits per heavy atom. The zero-order valence-electron chi connectivity index (χ0n) is 22.8. The lowest BCUT2D eigenvalue weighted by Gasteiger charge is -2.42. The fourth-order valence-electron chi connectivity index (χ4n) is 4.91. The number of benzene rings is 1. The zero-order valence-corrected chi connectivity index (χ0v) is 23.7. The zero-order chi connectivity index (χ0) is 24.6. The first-order valence-corrected chi connectivity index (χ1v) is 14.3.